The van der Waals surface area contributed by atoms with Gasteiger partial charge in [-0.2, -0.15) is 0 Å². The number of nitrogens with one attached hydrogen (secondary N) is 2. The van der Waals surface area contributed by atoms with Gasteiger partial charge in [-0.25, -0.2) is 0 Å². The van der Waals surface area contributed by atoms with E-state index in [1.54, 1.807) is 14.2 Å². The molecule has 0 amide bonds. The summed E-state index contributed by atoms with van der Waals surface area (Å²) < 4.78 is 10.9. The predicted molar refractivity (Wildman–Crippen MR) is 120 cm³/mol. The van der Waals surface area contributed by atoms with Crippen LogP contribution in [0.3, 0.4) is 0 Å². The summed E-state index contributed by atoms with van der Waals surface area (Å²) in [5, 5.41) is 7.12. The van der Waals surface area contributed by atoms with Crippen molar-refractivity contribution in [3.8, 4) is 5.75 Å². The van der Waals surface area contributed by atoms with E-state index in [2.05, 4.69) is 34.6 Å². The fraction of sp³-hybridized carbons (Fsp3) is 0.696. The number of methoxy groups -OCH3 is 2. The Hall–Kier alpha value is -1.95. The number of ether oxygens (including phenoxy) is 2. The molecule has 3 rings (SSSR count). The molecular formula is C23H38N4O2. The van der Waals surface area contributed by atoms with Gasteiger partial charge in [0, 0.05) is 45.9 Å². The average molecular weight is 403 g/mol. The molecule has 0 radical (unpaired) electrons. The lowest BCUT2D eigenvalue weighted by Crippen LogP contribution is -2.45. The molecule has 1 unspecified atom stereocenters. The third-order valence-corrected chi connectivity index (χ3v) is 6.37. The molecule has 1 aliphatic carbocycles. The average Bonchev–Trinajstić information content (AvgIpc) is 3.41. The summed E-state index contributed by atoms with van der Waals surface area (Å²) in [5.74, 6) is 1.89. The number of aliphatic imine (C=N–C) groups is 1. The summed E-state index contributed by atoms with van der Waals surface area (Å²) in [7, 11) is 3.54. The number of para-hydroxylation sites is 2. The fourth-order valence-electron chi connectivity index (χ4n) is 4.68. The maximum atomic E-state index is 5.54. The van der Waals surface area contributed by atoms with Crippen LogP contribution in [0.2, 0.25) is 0 Å². The standard InChI is InChI=1S/C23H38N4O2/c1-4-24-22(25-18-23(14-16-28-2)12-7-8-13-23)26-19-11-15-27(17-19)20-9-5-6-10-21(20)29-3/h5-6,9-10,19H,4,7-8,11-18H2,1-3H3,(H2,24,25,26). The summed E-state index contributed by atoms with van der Waals surface area (Å²) >= 11 is 0. The van der Waals surface area contributed by atoms with Crippen molar-refractivity contribution in [2.75, 3.05) is 51.9 Å². The van der Waals surface area contributed by atoms with E-state index in [9.17, 15) is 0 Å². The minimum absolute atomic E-state index is 0.317. The van der Waals surface area contributed by atoms with Crippen LogP contribution in [-0.4, -0.2) is 59.0 Å². The van der Waals surface area contributed by atoms with Crippen LogP contribution in [0.4, 0.5) is 5.69 Å². The van der Waals surface area contributed by atoms with Crippen LogP contribution in [-0.2, 0) is 4.74 Å². The molecule has 6 nitrogen and oxygen atoms in total. The lowest BCUT2D eigenvalue weighted by atomic mass is 9.83. The first kappa shape index (κ1) is 21.8. The highest BCUT2D eigenvalue weighted by Crippen LogP contribution is 2.41. The molecule has 1 saturated carbocycles. The van der Waals surface area contributed by atoms with E-state index >= 15 is 0 Å². The Morgan fingerprint density at radius 1 is 1.24 bits per heavy atom. The molecule has 0 bridgehead atoms. The van der Waals surface area contributed by atoms with Crippen LogP contribution in [0.15, 0.2) is 29.3 Å². The Morgan fingerprint density at radius 3 is 2.76 bits per heavy atom. The van der Waals surface area contributed by atoms with E-state index in [1.807, 2.05) is 12.1 Å². The third kappa shape index (κ3) is 5.78. The molecule has 2 N–H and O–H groups in total. The number of hydrogen-bond donors (Lipinski definition) is 2. The molecule has 2 aliphatic rings. The van der Waals surface area contributed by atoms with E-state index in [0.29, 0.717) is 11.5 Å². The molecular weight excluding hydrogens is 364 g/mol. The largest absolute Gasteiger partial charge is 0.495 e. The second kappa shape index (κ2) is 10.7. The monoisotopic (exact) mass is 402 g/mol. The maximum Gasteiger partial charge on any atom is 0.191 e. The minimum Gasteiger partial charge on any atom is -0.495 e. The molecule has 1 atom stereocenters. The van der Waals surface area contributed by atoms with Crippen LogP contribution < -0.4 is 20.3 Å². The van der Waals surface area contributed by atoms with Gasteiger partial charge in [0.05, 0.1) is 12.8 Å². The number of nitrogens with zero attached hydrogens (tertiary/aromatic N) is 2. The smallest absolute Gasteiger partial charge is 0.191 e. The Labute approximate surface area is 176 Å². The molecule has 6 heteroatoms. The van der Waals surface area contributed by atoms with Crippen molar-refractivity contribution in [3.05, 3.63) is 24.3 Å². The molecule has 1 aromatic carbocycles. The SMILES string of the molecule is CCNC(=NCC1(CCOC)CCCC1)NC1CCN(c2ccccc2OC)C1. The Balaban J connectivity index is 1.61. The van der Waals surface area contributed by atoms with Gasteiger partial charge in [0.15, 0.2) is 5.96 Å². The van der Waals surface area contributed by atoms with Crippen molar-refractivity contribution in [1.82, 2.24) is 10.6 Å². The Bertz CT molecular complexity index is 658. The first-order chi connectivity index (χ1) is 14.2. The number of hydrogen-bond acceptors (Lipinski definition) is 4. The number of rotatable bonds is 9. The first-order valence-electron chi connectivity index (χ1n) is 11.1. The summed E-state index contributed by atoms with van der Waals surface area (Å²) in [6.07, 6.45) is 7.38. The third-order valence-electron chi connectivity index (χ3n) is 6.37. The van der Waals surface area contributed by atoms with Gasteiger partial charge < -0.3 is 25.0 Å². The summed E-state index contributed by atoms with van der Waals surface area (Å²) in [4.78, 5) is 7.41. The normalized spacial score (nSPS) is 21.4. The summed E-state index contributed by atoms with van der Waals surface area (Å²) in [6, 6.07) is 8.65. The lowest BCUT2D eigenvalue weighted by molar-refractivity contribution is 0.141. The fourth-order valence-corrected chi connectivity index (χ4v) is 4.68. The van der Waals surface area contributed by atoms with Gasteiger partial charge in [-0.15, -0.1) is 0 Å². The van der Waals surface area contributed by atoms with Gasteiger partial charge >= 0.3 is 0 Å². The zero-order valence-electron chi connectivity index (χ0n) is 18.4. The van der Waals surface area contributed by atoms with Crippen LogP contribution in [0.5, 0.6) is 5.75 Å². The zero-order valence-corrected chi connectivity index (χ0v) is 18.4. The summed E-state index contributed by atoms with van der Waals surface area (Å²) in [5.41, 5.74) is 1.49. The molecule has 1 aromatic rings. The second-order valence-electron chi connectivity index (χ2n) is 8.39. The van der Waals surface area contributed by atoms with Crippen molar-refractivity contribution in [1.29, 1.82) is 0 Å². The van der Waals surface area contributed by atoms with Gasteiger partial charge in [0.25, 0.3) is 0 Å². The molecule has 1 aliphatic heterocycles. The van der Waals surface area contributed by atoms with Crippen molar-refractivity contribution in [2.45, 2.75) is 51.5 Å². The van der Waals surface area contributed by atoms with Crippen LogP contribution in [0, 0.1) is 5.41 Å². The van der Waals surface area contributed by atoms with Crippen LogP contribution >= 0.6 is 0 Å². The minimum atomic E-state index is 0.317. The molecule has 2 fully saturated rings. The molecule has 29 heavy (non-hydrogen) atoms. The molecule has 1 saturated heterocycles. The number of benzene rings is 1. The van der Waals surface area contributed by atoms with Crippen molar-refractivity contribution < 1.29 is 9.47 Å². The quantitative estimate of drug-likeness (QED) is 0.490. The van der Waals surface area contributed by atoms with E-state index in [0.717, 1.165) is 57.3 Å². The predicted octanol–water partition coefficient (Wildman–Crippen LogP) is 3.43. The summed E-state index contributed by atoms with van der Waals surface area (Å²) in [6.45, 7) is 6.70. The van der Waals surface area contributed by atoms with Gasteiger partial charge in [-0.3, -0.25) is 4.99 Å². The van der Waals surface area contributed by atoms with Crippen LogP contribution in [0.25, 0.3) is 0 Å². The van der Waals surface area contributed by atoms with E-state index in [-0.39, 0.29) is 0 Å². The Kier molecular flexibility index (Phi) is 8.04. The van der Waals surface area contributed by atoms with Crippen LogP contribution in [0.1, 0.15) is 45.4 Å². The highest BCUT2D eigenvalue weighted by Gasteiger charge is 2.33. The van der Waals surface area contributed by atoms with E-state index in [1.165, 1.54) is 31.4 Å². The van der Waals surface area contributed by atoms with E-state index in [4.69, 9.17) is 14.5 Å². The number of anilines is 1. The zero-order chi connectivity index (χ0) is 20.5. The van der Waals surface area contributed by atoms with Gasteiger partial charge in [0.1, 0.15) is 5.75 Å². The van der Waals surface area contributed by atoms with Gasteiger partial charge in [-0.1, -0.05) is 25.0 Å². The molecule has 1 heterocycles. The van der Waals surface area contributed by atoms with Gasteiger partial charge in [-0.05, 0) is 50.2 Å². The van der Waals surface area contributed by atoms with E-state index < -0.39 is 0 Å². The maximum absolute atomic E-state index is 5.54. The van der Waals surface area contributed by atoms with Crippen molar-refractivity contribution >= 4 is 11.6 Å². The lowest BCUT2D eigenvalue weighted by Gasteiger charge is -2.27. The second-order valence-corrected chi connectivity index (χ2v) is 8.39. The topological polar surface area (TPSA) is 58.1 Å². The van der Waals surface area contributed by atoms with Crippen molar-refractivity contribution in [3.63, 3.8) is 0 Å². The molecule has 162 valence electrons. The molecule has 0 spiro atoms. The number of guanidine groups is 1. The van der Waals surface area contributed by atoms with Gasteiger partial charge in [0.2, 0.25) is 0 Å². The highest BCUT2D eigenvalue weighted by atomic mass is 16.5. The molecule has 0 aromatic heterocycles. The Morgan fingerprint density at radius 2 is 2.03 bits per heavy atom. The first-order valence-corrected chi connectivity index (χ1v) is 11.1. The highest BCUT2D eigenvalue weighted by molar-refractivity contribution is 5.80. The van der Waals surface area contributed by atoms with Crippen molar-refractivity contribution in [2.24, 2.45) is 10.4 Å².